The third kappa shape index (κ3) is 3.86. The third-order valence-electron chi connectivity index (χ3n) is 4.71. The Morgan fingerprint density at radius 3 is 2.59 bits per heavy atom. The fraction of sp³-hybridized carbons (Fsp3) is 0.200. The molecule has 5 nitrogen and oxygen atoms in total. The highest BCUT2D eigenvalue weighted by atomic mass is 19.4. The molecule has 3 aromatic rings. The molecule has 0 unspecified atom stereocenters. The predicted molar refractivity (Wildman–Crippen MR) is 97.3 cm³/mol. The van der Waals surface area contributed by atoms with Crippen LogP contribution < -0.4 is 10.6 Å². The van der Waals surface area contributed by atoms with Crippen LogP contribution in [0.2, 0.25) is 0 Å². The maximum atomic E-state index is 13.2. The predicted octanol–water partition coefficient (Wildman–Crippen LogP) is 3.74. The highest BCUT2D eigenvalue weighted by Gasteiger charge is 2.33. The molecule has 9 heteroatoms. The number of halogens is 4. The molecule has 1 aliphatic heterocycles. The van der Waals surface area contributed by atoms with E-state index in [4.69, 9.17) is 0 Å². The molecule has 2 N–H and O–H groups in total. The summed E-state index contributed by atoms with van der Waals surface area (Å²) >= 11 is 0. The van der Waals surface area contributed by atoms with Gasteiger partial charge in [0.2, 0.25) is 0 Å². The molecule has 0 saturated carbocycles. The lowest BCUT2D eigenvalue weighted by Gasteiger charge is -2.26. The van der Waals surface area contributed by atoms with Crippen LogP contribution in [0.25, 0.3) is 11.3 Å². The van der Waals surface area contributed by atoms with Crippen molar-refractivity contribution in [2.75, 3.05) is 6.54 Å². The van der Waals surface area contributed by atoms with Crippen molar-refractivity contribution in [2.24, 2.45) is 0 Å². The molecule has 1 amide bonds. The summed E-state index contributed by atoms with van der Waals surface area (Å²) in [4.78, 5) is 12.2. The molecule has 0 bridgehead atoms. The van der Waals surface area contributed by atoms with Crippen LogP contribution in [-0.4, -0.2) is 22.2 Å². The van der Waals surface area contributed by atoms with Crippen LogP contribution in [0.5, 0.6) is 0 Å². The largest absolute Gasteiger partial charge is 0.416 e. The first-order valence-corrected chi connectivity index (χ1v) is 8.85. The number of amides is 1. The fourth-order valence-electron chi connectivity index (χ4n) is 3.27. The average molecular weight is 404 g/mol. The summed E-state index contributed by atoms with van der Waals surface area (Å²) in [5.74, 6) is -0.724. The number of nitrogens with one attached hydrogen (secondary N) is 2. The van der Waals surface area contributed by atoms with E-state index in [1.165, 1.54) is 28.9 Å². The van der Waals surface area contributed by atoms with Gasteiger partial charge in [0.25, 0.3) is 5.91 Å². The van der Waals surface area contributed by atoms with Gasteiger partial charge in [0.1, 0.15) is 17.7 Å². The molecule has 0 fully saturated rings. The summed E-state index contributed by atoms with van der Waals surface area (Å²) in [6.07, 6.45) is -4.98. The van der Waals surface area contributed by atoms with E-state index < -0.39 is 23.7 Å². The van der Waals surface area contributed by atoms with E-state index in [2.05, 4.69) is 15.7 Å². The SMILES string of the molecule is O=C1NC[C@@H](NCc2ccccc2C(F)(F)F)n2nc(-c3ccc(F)cc3)cc21. The number of fused-ring (bicyclic) bond motifs is 1. The first-order chi connectivity index (χ1) is 13.8. The lowest BCUT2D eigenvalue weighted by atomic mass is 10.1. The number of hydrogen-bond donors (Lipinski definition) is 2. The second-order valence-electron chi connectivity index (χ2n) is 6.63. The highest BCUT2D eigenvalue weighted by molar-refractivity contribution is 5.94. The summed E-state index contributed by atoms with van der Waals surface area (Å²) in [5.41, 5.74) is 0.767. The van der Waals surface area contributed by atoms with Gasteiger partial charge in [-0.15, -0.1) is 0 Å². The van der Waals surface area contributed by atoms with E-state index in [9.17, 15) is 22.4 Å². The van der Waals surface area contributed by atoms with Gasteiger partial charge < -0.3 is 5.32 Å². The molecule has 1 atom stereocenters. The number of hydrogen-bond acceptors (Lipinski definition) is 3. The number of benzene rings is 2. The molecular weight excluding hydrogens is 388 g/mol. The summed E-state index contributed by atoms with van der Waals surface area (Å²) in [6, 6.07) is 12.6. The zero-order valence-corrected chi connectivity index (χ0v) is 15.0. The summed E-state index contributed by atoms with van der Waals surface area (Å²) in [6.45, 7) is 0.117. The minimum Gasteiger partial charge on any atom is -0.347 e. The van der Waals surface area contributed by atoms with E-state index in [1.807, 2.05) is 0 Å². The Kier molecular flexibility index (Phi) is 4.83. The minimum absolute atomic E-state index is 0.0542. The van der Waals surface area contributed by atoms with Gasteiger partial charge in [-0.2, -0.15) is 18.3 Å². The summed E-state index contributed by atoms with van der Waals surface area (Å²) in [7, 11) is 0. The first kappa shape index (κ1) is 19.1. The van der Waals surface area contributed by atoms with Crippen molar-refractivity contribution in [3.8, 4) is 11.3 Å². The van der Waals surface area contributed by atoms with Gasteiger partial charge in [-0.05, 0) is 42.0 Å². The van der Waals surface area contributed by atoms with Crippen LogP contribution in [0.15, 0.2) is 54.6 Å². The Balaban J connectivity index is 1.59. The summed E-state index contributed by atoms with van der Waals surface area (Å²) < 4.78 is 54.2. The van der Waals surface area contributed by atoms with Gasteiger partial charge in [-0.3, -0.25) is 10.1 Å². The molecular formula is C20H16F4N4O. The molecule has 1 aliphatic rings. The van der Waals surface area contributed by atoms with Crippen molar-refractivity contribution in [1.29, 1.82) is 0 Å². The van der Waals surface area contributed by atoms with Crippen molar-refractivity contribution in [1.82, 2.24) is 20.4 Å². The van der Waals surface area contributed by atoms with Crippen LogP contribution in [0.1, 0.15) is 27.8 Å². The van der Waals surface area contributed by atoms with Crippen LogP contribution in [0.4, 0.5) is 17.6 Å². The molecule has 2 heterocycles. The number of alkyl halides is 3. The van der Waals surface area contributed by atoms with Crippen molar-refractivity contribution < 1.29 is 22.4 Å². The highest BCUT2D eigenvalue weighted by Crippen LogP contribution is 2.32. The van der Waals surface area contributed by atoms with E-state index in [0.717, 1.165) is 6.07 Å². The van der Waals surface area contributed by atoms with E-state index in [0.29, 0.717) is 11.3 Å². The van der Waals surface area contributed by atoms with Crippen LogP contribution in [-0.2, 0) is 12.7 Å². The number of nitrogens with zero attached hydrogens (tertiary/aromatic N) is 2. The maximum Gasteiger partial charge on any atom is 0.416 e. The lowest BCUT2D eigenvalue weighted by molar-refractivity contribution is -0.138. The second kappa shape index (κ2) is 7.32. The van der Waals surface area contributed by atoms with E-state index in [-0.39, 0.29) is 30.3 Å². The van der Waals surface area contributed by atoms with Gasteiger partial charge in [-0.25, -0.2) is 9.07 Å². The smallest absolute Gasteiger partial charge is 0.347 e. The number of carbonyl (C=O) groups excluding carboxylic acids is 1. The quantitative estimate of drug-likeness (QED) is 0.652. The Labute approximate surface area is 163 Å². The minimum atomic E-state index is -4.45. The fourth-order valence-corrected chi connectivity index (χ4v) is 3.27. The Hall–Kier alpha value is -3.20. The number of carbonyl (C=O) groups is 1. The van der Waals surface area contributed by atoms with Crippen molar-refractivity contribution in [2.45, 2.75) is 18.9 Å². The normalized spacial score (nSPS) is 16.4. The van der Waals surface area contributed by atoms with Crippen LogP contribution >= 0.6 is 0 Å². The number of rotatable bonds is 4. The van der Waals surface area contributed by atoms with E-state index in [1.54, 1.807) is 24.3 Å². The standard InChI is InChI=1S/C20H16F4N4O/c21-14-7-5-12(6-8-14)16-9-17-19(29)26-11-18(28(17)27-16)25-10-13-3-1-2-4-15(13)20(22,23)24/h1-9,18,25H,10-11H2,(H,26,29)/t18-/m0/s1. The molecule has 0 radical (unpaired) electrons. The molecule has 4 rings (SSSR count). The van der Waals surface area contributed by atoms with Crippen LogP contribution in [0.3, 0.4) is 0 Å². The topological polar surface area (TPSA) is 59.0 Å². The van der Waals surface area contributed by atoms with Crippen LogP contribution in [0, 0.1) is 5.82 Å². The number of aromatic nitrogens is 2. The first-order valence-electron chi connectivity index (χ1n) is 8.85. The lowest BCUT2D eigenvalue weighted by Crippen LogP contribution is -2.45. The zero-order chi connectivity index (χ0) is 20.6. The Morgan fingerprint density at radius 1 is 1.14 bits per heavy atom. The molecule has 1 aromatic heterocycles. The van der Waals surface area contributed by atoms with Gasteiger partial charge in [0.15, 0.2) is 0 Å². The monoisotopic (exact) mass is 404 g/mol. The maximum absolute atomic E-state index is 13.2. The Bertz CT molecular complexity index is 1040. The molecule has 150 valence electrons. The Morgan fingerprint density at radius 2 is 1.86 bits per heavy atom. The molecule has 0 spiro atoms. The average Bonchev–Trinajstić information content (AvgIpc) is 3.14. The molecule has 29 heavy (non-hydrogen) atoms. The zero-order valence-electron chi connectivity index (χ0n) is 15.0. The van der Waals surface area contributed by atoms with Crippen molar-refractivity contribution in [3.05, 3.63) is 77.2 Å². The molecule has 0 saturated heterocycles. The third-order valence-corrected chi connectivity index (χ3v) is 4.71. The van der Waals surface area contributed by atoms with Gasteiger partial charge in [0.05, 0.1) is 17.8 Å². The van der Waals surface area contributed by atoms with Crippen molar-refractivity contribution >= 4 is 5.91 Å². The van der Waals surface area contributed by atoms with E-state index >= 15 is 0 Å². The van der Waals surface area contributed by atoms with Crippen molar-refractivity contribution in [3.63, 3.8) is 0 Å². The summed E-state index contributed by atoms with van der Waals surface area (Å²) in [5, 5.41) is 10.1. The molecule has 2 aromatic carbocycles. The second-order valence-corrected chi connectivity index (χ2v) is 6.63. The van der Waals surface area contributed by atoms with Gasteiger partial charge in [-0.1, -0.05) is 18.2 Å². The van der Waals surface area contributed by atoms with Gasteiger partial charge in [0, 0.05) is 12.1 Å². The molecule has 0 aliphatic carbocycles. The van der Waals surface area contributed by atoms with Gasteiger partial charge >= 0.3 is 6.18 Å².